The fourth-order valence-electron chi connectivity index (χ4n) is 1.67. The van der Waals surface area contributed by atoms with E-state index in [1.807, 2.05) is 0 Å². The number of hydrogen-bond acceptors (Lipinski definition) is 3. The first-order valence-electron chi connectivity index (χ1n) is 5.66. The lowest BCUT2D eigenvalue weighted by Gasteiger charge is -2.08. The predicted octanol–water partition coefficient (Wildman–Crippen LogP) is 2.83. The van der Waals surface area contributed by atoms with Crippen LogP contribution in [0.3, 0.4) is 0 Å². The second-order valence-electron chi connectivity index (χ2n) is 3.99. The molecule has 106 valence electrons. The van der Waals surface area contributed by atoms with Crippen LogP contribution in [0, 0.1) is 17.5 Å². The Hall–Kier alpha value is -2.44. The number of ether oxygens (including phenoxy) is 1. The van der Waals surface area contributed by atoms with Gasteiger partial charge in [-0.05, 0) is 12.1 Å². The third-order valence-corrected chi connectivity index (χ3v) is 2.61. The van der Waals surface area contributed by atoms with Gasteiger partial charge in [-0.25, -0.2) is 18.0 Å². The number of esters is 1. The highest BCUT2D eigenvalue weighted by atomic mass is 19.1. The number of methoxy groups -OCH3 is 1. The summed E-state index contributed by atoms with van der Waals surface area (Å²) < 4.78 is 44.0. The molecule has 0 saturated heterocycles. The van der Waals surface area contributed by atoms with Gasteiger partial charge in [0.15, 0.2) is 11.6 Å². The summed E-state index contributed by atoms with van der Waals surface area (Å²) in [6, 6.07) is 4.22. The molecule has 2 N–H and O–H groups in total. The molecule has 0 spiro atoms. The molecule has 0 radical (unpaired) electrons. The quantitative estimate of drug-likeness (QED) is 0.849. The van der Waals surface area contributed by atoms with Crippen molar-refractivity contribution in [1.29, 1.82) is 0 Å². The van der Waals surface area contributed by atoms with Crippen LogP contribution in [0.4, 0.5) is 18.9 Å². The lowest BCUT2D eigenvalue weighted by atomic mass is 10.2. The molecule has 0 fully saturated rings. The molecule has 0 amide bonds. The molecule has 0 aliphatic heterocycles. The van der Waals surface area contributed by atoms with E-state index in [0.29, 0.717) is 17.8 Å². The van der Waals surface area contributed by atoms with Crippen molar-refractivity contribution >= 4 is 11.7 Å². The van der Waals surface area contributed by atoms with Crippen LogP contribution < -0.4 is 5.32 Å². The summed E-state index contributed by atoms with van der Waals surface area (Å²) in [6.45, 7) is 0.0382. The number of halogens is 3. The smallest absolute Gasteiger partial charge is 0.354 e. The largest absolute Gasteiger partial charge is 0.464 e. The molecule has 0 aliphatic rings. The summed E-state index contributed by atoms with van der Waals surface area (Å²) in [6.07, 6.45) is 0. The Morgan fingerprint density at radius 3 is 2.50 bits per heavy atom. The summed E-state index contributed by atoms with van der Waals surface area (Å²) in [4.78, 5) is 13.9. The maximum atomic E-state index is 13.4. The topological polar surface area (TPSA) is 54.1 Å². The third kappa shape index (κ3) is 2.93. The minimum absolute atomic E-state index is 0.0382. The fraction of sp³-hybridized carbons (Fsp3) is 0.154. The van der Waals surface area contributed by atoms with Crippen LogP contribution in [0.25, 0.3) is 0 Å². The van der Waals surface area contributed by atoms with Gasteiger partial charge in [-0.3, -0.25) is 0 Å². The maximum absolute atomic E-state index is 13.4. The number of anilines is 1. The number of aromatic nitrogens is 1. The number of carbonyl (C=O) groups excluding carboxylic acids is 1. The van der Waals surface area contributed by atoms with Gasteiger partial charge in [0.05, 0.1) is 13.7 Å². The van der Waals surface area contributed by atoms with Gasteiger partial charge >= 0.3 is 5.97 Å². The molecule has 2 rings (SSSR count). The van der Waals surface area contributed by atoms with E-state index in [1.165, 1.54) is 13.2 Å². The normalized spacial score (nSPS) is 10.4. The number of benzene rings is 1. The molecule has 7 heteroatoms. The first-order valence-corrected chi connectivity index (χ1v) is 5.66. The summed E-state index contributed by atoms with van der Waals surface area (Å²) in [5.41, 5.74) is 0.318. The Kier molecular flexibility index (Phi) is 3.97. The Labute approximate surface area is 112 Å². The first-order chi connectivity index (χ1) is 9.51. The molecule has 20 heavy (non-hydrogen) atoms. The molecular formula is C13H11F3N2O2. The van der Waals surface area contributed by atoms with Crippen LogP contribution in [-0.2, 0) is 11.3 Å². The van der Waals surface area contributed by atoms with Crippen molar-refractivity contribution in [1.82, 2.24) is 4.98 Å². The van der Waals surface area contributed by atoms with Gasteiger partial charge in [0.25, 0.3) is 0 Å². The molecule has 0 aliphatic carbocycles. The van der Waals surface area contributed by atoms with E-state index < -0.39 is 29.1 Å². The zero-order chi connectivity index (χ0) is 14.7. The second kappa shape index (κ2) is 5.68. The van der Waals surface area contributed by atoms with E-state index in [-0.39, 0.29) is 12.2 Å². The highest BCUT2D eigenvalue weighted by Gasteiger charge is 2.12. The summed E-state index contributed by atoms with van der Waals surface area (Å²) in [5, 5.41) is 2.49. The molecule has 1 aromatic carbocycles. The van der Waals surface area contributed by atoms with Gasteiger partial charge < -0.3 is 15.0 Å². The molecule has 1 aromatic heterocycles. The van der Waals surface area contributed by atoms with Crippen LogP contribution in [0.1, 0.15) is 16.2 Å². The maximum Gasteiger partial charge on any atom is 0.354 e. The summed E-state index contributed by atoms with van der Waals surface area (Å²) >= 11 is 0. The van der Waals surface area contributed by atoms with Crippen LogP contribution >= 0.6 is 0 Å². The molecule has 2 aromatic rings. The standard InChI is InChI=1S/C13H11F3N2O2/c1-20-13(19)11-3-2-8(18-11)6-17-12-9(15)4-7(14)5-10(12)16/h2-5,17-18H,6H2,1H3. The minimum atomic E-state index is -1.03. The lowest BCUT2D eigenvalue weighted by Crippen LogP contribution is -2.06. The number of rotatable bonds is 4. The number of nitrogens with one attached hydrogen (secondary N) is 2. The zero-order valence-corrected chi connectivity index (χ0v) is 10.5. The van der Waals surface area contributed by atoms with E-state index in [0.717, 1.165) is 0 Å². The van der Waals surface area contributed by atoms with Crippen molar-refractivity contribution in [3.8, 4) is 0 Å². The summed E-state index contributed by atoms with van der Waals surface area (Å²) in [7, 11) is 1.24. The highest BCUT2D eigenvalue weighted by Crippen LogP contribution is 2.20. The SMILES string of the molecule is COC(=O)c1ccc(CNc2c(F)cc(F)cc2F)[nH]1. The first kappa shape index (κ1) is 14.0. The van der Waals surface area contributed by atoms with Crippen LogP contribution in [0.2, 0.25) is 0 Å². The highest BCUT2D eigenvalue weighted by molar-refractivity contribution is 5.87. The molecule has 1 heterocycles. The van der Waals surface area contributed by atoms with E-state index in [1.54, 1.807) is 6.07 Å². The van der Waals surface area contributed by atoms with Crippen molar-refractivity contribution < 1.29 is 22.7 Å². The van der Waals surface area contributed by atoms with Gasteiger partial charge in [0.2, 0.25) is 0 Å². The number of hydrogen-bond donors (Lipinski definition) is 2. The second-order valence-corrected chi connectivity index (χ2v) is 3.99. The number of carbonyl (C=O) groups is 1. The van der Waals surface area contributed by atoms with Crippen LogP contribution in [-0.4, -0.2) is 18.1 Å². The van der Waals surface area contributed by atoms with Gasteiger partial charge in [-0.1, -0.05) is 0 Å². The van der Waals surface area contributed by atoms with E-state index in [2.05, 4.69) is 15.0 Å². The number of aromatic amines is 1. The fourth-order valence-corrected chi connectivity index (χ4v) is 1.67. The number of H-pyrrole nitrogens is 1. The van der Waals surface area contributed by atoms with E-state index in [9.17, 15) is 18.0 Å². The van der Waals surface area contributed by atoms with Gasteiger partial charge in [-0.2, -0.15) is 0 Å². The molecule has 0 unspecified atom stereocenters. The average Bonchev–Trinajstić information content (AvgIpc) is 2.85. The lowest BCUT2D eigenvalue weighted by molar-refractivity contribution is 0.0594. The van der Waals surface area contributed by atoms with E-state index in [4.69, 9.17) is 0 Å². The van der Waals surface area contributed by atoms with Crippen molar-refractivity contribution in [2.24, 2.45) is 0 Å². The van der Waals surface area contributed by atoms with Crippen LogP contribution in [0.15, 0.2) is 24.3 Å². The molecular weight excluding hydrogens is 273 g/mol. The van der Waals surface area contributed by atoms with Crippen molar-refractivity contribution in [3.05, 3.63) is 53.1 Å². The third-order valence-electron chi connectivity index (χ3n) is 2.61. The molecule has 4 nitrogen and oxygen atoms in total. The Morgan fingerprint density at radius 2 is 1.90 bits per heavy atom. The van der Waals surface area contributed by atoms with Crippen molar-refractivity contribution in [2.75, 3.05) is 12.4 Å². The Morgan fingerprint density at radius 1 is 1.25 bits per heavy atom. The van der Waals surface area contributed by atoms with Crippen molar-refractivity contribution in [3.63, 3.8) is 0 Å². The zero-order valence-electron chi connectivity index (χ0n) is 10.5. The predicted molar refractivity (Wildman–Crippen MR) is 65.8 cm³/mol. The Bertz CT molecular complexity index is 617. The molecule has 0 saturated carbocycles. The Balaban J connectivity index is 2.09. The molecule has 0 atom stereocenters. The van der Waals surface area contributed by atoms with Crippen LogP contribution in [0.5, 0.6) is 0 Å². The van der Waals surface area contributed by atoms with Crippen molar-refractivity contribution in [2.45, 2.75) is 6.54 Å². The monoisotopic (exact) mass is 284 g/mol. The van der Waals surface area contributed by atoms with E-state index >= 15 is 0 Å². The molecule has 0 bridgehead atoms. The van der Waals surface area contributed by atoms with Gasteiger partial charge in [0, 0.05) is 17.8 Å². The minimum Gasteiger partial charge on any atom is -0.464 e. The average molecular weight is 284 g/mol. The summed E-state index contributed by atoms with van der Waals surface area (Å²) in [5.74, 6) is -3.58. The van der Waals surface area contributed by atoms with Gasteiger partial charge in [0.1, 0.15) is 17.2 Å². The van der Waals surface area contributed by atoms with Gasteiger partial charge in [-0.15, -0.1) is 0 Å².